The van der Waals surface area contributed by atoms with E-state index in [0.29, 0.717) is 18.5 Å². The van der Waals surface area contributed by atoms with Crippen LogP contribution in [0.5, 0.6) is 0 Å². The Morgan fingerprint density at radius 3 is 2.21 bits per heavy atom. The third-order valence-corrected chi connectivity index (χ3v) is 3.73. The molecule has 0 heterocycles. The van der Waals surface area contributed by atoms with Crippen LogP contribution in [0.2, 0.25) is 0 Å². The fourth-order valence-electron chi connectivity index (χ4n) is 2.50. The van der Waals surface area contributed by atoms with Crippen molar-refractivity contribution in [3.63, 3.8) is 0 Å². The Bertz CT molecular complexity index is 490. The first kappa shape index (κ1) is 13.5. The van der Waals surface area contributed by atoms with E-state index in [1.165, 1.54) is 17.0 Å². The van der Waals surface area contributed by atoms with Crippen molar-refractivity contribution in [1.82, 2.24) is 0 Å². The van der Waals surface area contributed by atoms with Crippen LogP contribution in [0.25, 0.3) is 0 Å². The van der Waals surface area contributed by atoms with Crippen LogP contribution in [-0.2, 0) is 4.79 Å². The van der Waals surface area contributed by atoms with Gasteiger partial charge in [-0.25, -0.2) is 4.79 Å². The highest BCUT2D eigenvalue weighted by atomic mass is 16.4. The van der Waals surface area contributed by atoms with E-state index in [0.717, 1.165) is 12.8 Å². The van der Waals surface area contributed by atoms with Gasteiger partial charge in [0, 0.05) is 12.7 Å². The molecule has 3 N–H and O–H groups in total. The highest BCUT2D eigenvalue weighted by Crippen LogP contribution is 2.30. The molecule has 5 nitrogen and oxygen atoms in total. The van der Waals surface area contributed by atoms with E-state index in [1.54, 1.807) is 19.2 Å². The SMILES string of the molecule is CN(C(=O)C1(N)CCCC1)c1ccc(C(=O)O)cc1. The first-order valence-corrected chi connectivity index (χ1v) is 6.34. The fraction of sp³-hybridized carbons (Fsp3) is 0.429. The molecule has 1 saturated carbocycles. The fourth-order valence-corrected chi connectivity index (χ4v) is 2.50. The second-order valence-corrected chi connectivity index (χ2v) is 5.08. The number of hydrogen-bond acceptors (Lipinski definition) is 3. The van der Waals surface area contributed by atoms with Crippen LogP contribution in [0.4, 0.5) is 5.69 Å². The number of carbonyl (C=O) groups excluding carboxylic acids is 1. The minimum atomic E-state index is -0.980. The molecule has 1 amide bonds. The van der Waals surface area contributed by atoms with Crippen molar-refractivity contribution in [2.75, 3.05) is 11.9 Å². The molecule has 0 bridgehead atoms. The van der Waals surface area contributed by atoms with Crippen LogP contribution in [0, 0.1) is 0 Å². The first-order valence-electron chi connectivity index (χ1n) is 6.34. The van der Waals surface area contributed by atoms with E-state index >= 15 is 0 Å². The zero-order valence-electron chi connectivity index (χ0n) is 10.9. The van der Waals surface area contributed by atoms with Gasteiger partial charge >= 0.3 is 5.97 Å². The lowest BCUT2D eigenvalue weighted by molar-refractivity contribution is -0.123. The molecule has 0 aromatic heterocycles. The predicted molar refractivity (Wildman–Crippen MR) is 72.2 cm³/mol. The summed E-state index contributed by atoms with van der Waals surface area (Å²) in [5.74, 6) is -1.08. The van der Waals surface area contributed by atoms with Crippen molar-refractivity contribution in [3.05, 3.63) is 29.8 Å². The van der Waals surface area contributed by atoms with Gasteiger partial charge in [-0.05, 0) is 37.1 Å². The molecule has 0 atom stereocenters. The maximum atomic E-state index is 12.4. The number of hydrogen-bond donors (Lipinski definition) is 2. The number of rotatable bonds is 3. The monoisotopic (exact) mass is 262 g/mol. The quantitative estimate of drug-likeness (QED) is 0.867. The van der Waals surface area contributed by atoms with Gasteiger partial charge in [0.1, 0.15) is 0 Å². The lowest BCUT2D eigenvalue weighted by atomic mass is 9.97. The van der Waals surface area contributed by atoms with Crippen molar-refractivity contribution >= 4 is 17.6 Å². The number of anilines is 1. The number of likely N-dealkylation sites (N-methyl/N-ethyl adjacent to an activating group) is 1. The molecule has 2 rings (SSSR count). The van der Waals surface area contributed by atoms with Gasteiger partial charge in [0.25, 0.3) is 0 Å². The van der Waals surface area contributed by atoms with Gasteiger partial charge in [0.15, 0.2) is 0 Å². The summed E-state index contributed by atoms with van der Waals surface area (Å²) in [7, 11) is 1.67. The smallest absolute Gasteiger partial charge is 0.335 e. The van der Waals surface area contributed by atoms with Gasteiger partial charge in [-0.3, -0.25) is 4.79 Å². The van der Waals surface area contributed by atoms with Gasteiger partial charge in [-0.1, -0.05) is 12.8 Å². The minimum absolute atomic E-state index is 0.104. The van der Waals surface area contributed by atoms with Crippen LogP contribution >= 0.6 is 0 Å². The molecule has 1 aliphatic carbocycles. The summed E-state index contributed by atoms with van der Waals surface area (Å²) in [6, 6.07) is 6.22. The Labute approximate surface area is 112 Å². The lowest BCUT2D eigenvalue weighted by Gasteiger charge is -2.28. The molecule has 0 spiro atoms. The molecule has 19 heavy (non-hydrogen) atoms. The molecule has 0 saturated heterocycles. The number of aromatic carboxylic acids is 1. The number of nitrogens with zero attached hydrogens (tertiary/aromatic N) is 1. The Morgan fingerprint density at radius 1 is 1.21 bits per heavy atom. The number of carboxylic acids is 1. The number of benzene rings is 1. The van der Waals surface area contributed by atoms with E-state index in [4.69, 9.17) is 10.8 Å². The van der Waals surface area contributed by atoms with Crippen molar-refractivity contribution < 1.29 is 14.7 Å². The zero-order valence-corrected chi connectivity index (χ0v) is 10.9. The molecule has 1 aliphatic rings. The summed E-state index contributed by atoms with van der Waals surface area (Å²) in [6.45, 7) is 0. The minimum Gasteiger partial charge on any atom is -0.478 e. The van der Waals surface area contributed by atoms with E-state index in [2.05, 4.69) is 0 Å². The maximum Gasteiger partial charge on any atom is 0.335 e. The molecule has 0 aliphatic heterocycles. The summed E-state index contributed by atoms with van der Waals surface area (Å²) in [5.41, 5.74) is 6.23. The highest BCUT2D eigenvalue weighted by molar-refractivity contribution is 6.00. The largest absolute Gasteiger partial charge is 0.478 e. The zero-order chi connectivity index (χ0) is 14.0. The van der Waals surface area contributed by atoms with Gasteiger partial charge < -0.3 is 15.7 Å². The second-order valence-electron chi connectivity index (χ2n) is 5.08. The molecule has 1 fully saturated rings. The van der Waals surface area contributed by atoms with E-state index in [-0.39, 0.29) is 11.5 Å². The van der Waals surface area contributed by atoms with Crippen LogP contribution < -0.4 is 10.6 Å². The van der Waals surface area contributed by atoms with Crippen LogP contribution in [0.1, 0.15) is 36.0 Å². The second kappa shape index (κ2) is 5.01. The molecular weight excluding hydrogens is 244 g/mol. The van der Waals surface area contributed by atoms with E-state index in [1.807, 2.05) is 0 Å². The van der Waals surface area contributed by atoms with Crippen LogP contribution in [0.3, 0.4) is 0 Å². The first-order chi connectivity index (χ1) is 8.94. The van der Waals surface area contributed by atoms with Crippen molar-refractivity contribution in [2.45, 2.75) is 31.2 Å². The average Bonchev–Trinajstić information content (AvgIpc) is 2.85. The van der Waals surface area contributed by atoms with E-state index in [9.17, 15) is 9.59 Å². The third-order valence-electron chi connectivity index (χ3n) is 3.73. The lowest BCUT2D eigenvalue weighted by Crippen LogP contribution is -2.52. The molecular formula is C14H18N2O3. The normalized spacial score (nSPS) is 17.2. The van der Waals surface area contributed by atoms with Crippen molar-refractivity contribution in [2.24, 2.45) is 5.73 Å². The van der Waals surface area contributed by atoms with Gasteiger partial charge in [-0.15, -0.1) is 0 Å². The Balaban J connectivity index is 2.17. The molecule has 1 aromatic rings. The summed E-state index contributed by atoms with van der Waals surface area (Å²) >= 11 is 0. The number of carboxylic acid groups (broad SMARTS) is 1. The number of amides is 1. The molecule has 1 aromatic carbocycles. The van der Waals surface area contributed by atoms with Gasteiger partial charge in [-0.2, -0.15) is 0 Å². The topological polar surface area (TPSA) is 83.6 Å². The number of nitrogens with two attached hydrogens (primary N) is 1. The Kier molecular flexibility index (Phi) is 3.57. The van der Waals surface area contributed by atoms with Crippen LogP contribution in [0.15, 0.2) is 24.3 Å². The summed E-state index contributed by atoms with van der Waals surface area (Å²) in [5, 5.41) is 8.84. The molecule has 102 valence electrons. The maximum absolute atomic E-state index is 12.4. The molecule has 0 unspecified atom stereocenters. The van der Waals surface area contributed by atoms with Gasteiger partial charge in [0.2, 0.25) is 5.91 Å². The van der Waals surface area contributed by atoms with Crippen molar-refractivity contribution in [1.29, 1.82) is 0 Å². The average molecular weight is 262 g/mol. The summed E-state index contributed by atoms with van der Waals surface area (Å²) in [6.07, 6.45) is 3.38. The predicted octanol–water partition coefficient (Wildman–Crippen LogP) is 1.62. The summed E-state index contributed by atoms with van der Waals surface area (Å²) in [4.78, 5) is 24.7. The molecule has 0 radical (unpaired) electrons. The Hall–Kier alpha value is -1.88. The van der Waals surface area contributed by atoms with Gasteiger partial charge in [0.05, 0.1) is 11.1 Å². The molecule has 5 heteroatoms. The standard InChI is InChI=1S/C14H18N2O3/c1-16(13(19)14(15)8-2-3-9-14)11-6-4-10(5-7-11)12(17)18/h4-7H,2-3,8-9,15H2,1H3,(H,17,18). The third kappa shape index (κ3) is 2.61. The summed E-state index contributed by atoms with van der Waals surface area (Å²) < 4.78 is 0. The Morgan fingerprint density at radius 2 is 1.74 bits per heavy atom. The van der Waals surface area contributed by atoms with E-state index < -0.39 is 11.5 Å². The van der Waals surface area contributed by atoms with Crippen molar-refractivity contribution in [3.8, 4) is 0 Å². The van der Waals surface area contributed by atoms with Crippen LogP contribution in [-0.4, -0.2) is 29.6 Å². The number of carbonyl (C=O) groups is 2. The highest BCUT2D eigenvalue weighted by Gasteiger charge is 2.39.